The first kappa shape index (κ1) is 16.7. The molecule has 2 amide bonds. The van der Waals surface area contributed by atoms with E-state index in [1.807, 2.05) is 25.1 Å². The Labute approximate surface area is 145 Å². The van der Waals surface area contributed by atoms with Gasteiger partial charge in [0.1, 0.15) is 0 Å². The van der Waals surface area contributed by atoms with Crippen LogP contribution in [0.5, 0.6) is 0 Å². The second-order valence-electron chi connectivity index (χ2n) is 5.67. The van der Waals surface area contributed by atoms with Gasteiger partial charge < -0.3 is 15.4 Å². The molecule has 1 saturated heterocycles. The molecule has 0 radical (unpaired) electrons. The predicted molar refractivity (Wildman–Crippen MR) is 93.3 cm³/mol. The molecule has 2 heterocycles. The molecule has 7 heteroatoms. The summed E-state index contributed by atoms with van der Waals surface area (Å²) in [6, 6.07) is 7.48. The van der Waals surface area contributed by atoms with E-state index in [1.54, 1.807) is 18.5 Å². The molecule has 0 bridgehead atoms. The fourth-order valence-corrected chi connectivity index (χ4v) is 3.24. The van der Waals surface area contributed by atoms with Gasteiger partial charge in [0.15, 0.2) is 5.16 Å². The molecular weight excluding hydrogens is 324 g/mol. The minimum absolute atomic E-state index is 0.184. The summed E-state index contributed by atoms with van der Waals surface area (Å²) in [5.41, 5.74) is 1.80. The summed E-state index contributed by atoms with van der Waals surface area (Å²) in [5.74, 6) is 0.418. The van der Waals surface area contributed by atoms with Gasteiger partial charge in [-0.3, -0.25) is 0 Å². The summed E-state index contributed by atoms with van der Waals surface area (Å²) in [4.78, 5) is 21.4. The van der Waals surface area contributed by atoms with E-state index in [4.69, 9.17) is 4.74 Å². The van der Waals surface area contributed by atoms with Crippen molar-refractivity contribution >= 4 is 23.5 Å². The number of benzene rings is 1. The average Bonchev–Trinajstić information content (AvgIpc) is 3.10. The Kier molecular flexibility index (Phi) is 5.66. The van der Waals surface area contributed by atoms with Crippen molar-refractivity contribution in [1.29, 1.82) is 0 Å². The fraction of sp³-hybridized carbons (Fsp3) is 0.353. The molecule has 6 nitrogen and oxygen atoms in total. The smallest absolute Gasteiger partial charge is 0.319 e. The Hall–Kier alpha value is -2.12. The Morgan fingerprint density at radius 2 is 2.21 bits per heavy atom. The monoisotopic (exact) mass is 344 g/mol. The zero-order valence-electron chi connectivity index (χ0n) is 13.5. The number of carbonyl (C=O) groups excluding carboxylic acids is 1. The third-order valence-electron chi connectivity index (χ3n) is 3.77. The van der Waals surface area contributed by atoms with Gasteiger partial charge in [0.2, 0.25) is 0 Å². The molecule has 1 atom stereocenters. The van der Waals surface area contributed by atoms with Crippen LogP contribution in [-0.2, 0) is 4.74 Å². The lowest BCUT2D eigenvalue weighted by molar-refractivity contribution is 0.185. The highest BCUT2D eigenvalue weighted by atomic mass is 32.2. The lowest BCUT2D eigenvalue weighted by Gasteiger charge is -2.13. The predicted octanol–water partition coefficient (Wildman–Crippen LogP) is 3.09. The second kappa shape index (κ2) is 8.12. The van der Waals surface area contributed by atoms with Crippen LogP contribution in [0.1, 0.15) is 12.0 Å². The minimum atomic E-state index is -0.184. The quantitative estimate of drug-likeness (QED) is 0.815. The van der Waals surface area contributed by atoms with E-state index in [1.165, 1.54) is 11.8 Å². The SMILES string of the molecule is Cc1cc(Sc2ncccn2)ccc1NC(=O)NC[C@@H]1CCOC1. The topological polar surface area (TPSA) is 76.1 Å². The number of nitrogens with zero attached hydrogens (tertiary/aromatic N) is 2. The van der Waals surface area contributed by atoms with Crippen LogP contribution >= 0.6 is 11.8 Å². The largest absolute Gasteiger partial charge is 0.381 e. The lowest BCUT2D eigenvalue weighted by atomic mass is 10.1. The van der Waals surface area contributed by atoms with E-state index in [9.17, 15) is 4.79 Å². The third kappa shape index (κ3) is 4.69. The summed E-state index contributed by atoms with van der Waals surface area (Å²) in [6.07, 6.45) is 4.45. The standard InChI is InChI=1S/C17H20N4O2S/c1-12-9-14(24-17-18-6-2-7-19-17)3-4-15(12)21-16(22)20-10-13-5-8-23-11-13/h2-4,6-7,9,13H,5,8,10-11H2,1H3,(H2,20,21,22)/t13-/m0/s1. The summed E-state index contributed by atoms with van der Waals surface area (Å²) in [6.45, 7) is 4.13. The first-order valence-electron chi connectivity index (χ1n) is 7.89. The van der Waals surface area contributed by atoms with Crippen LogP contribution in [0.2, 0.25) is 0 Å². The Bertz CT molecular complexity index is 690. The summed E-state index contributed by atoms with van der Waals surface area (Å²) in [5, 5.41) is 6.50. The van der Waals surface area contributed by atoms with Crippen LogP contribution in [0.15, 0.2) is 46.7 Å². The van der Waals surface area contributed by atoms with Crippen molar-refractivity contribution in [2.24, 2.45) is 5.92 Å². The van der Waals surface area contributed by atoms with Gasteiger partial charge in [0, 0.05) is 42.0 Å². The molecule has 2 aromatic rings. The van der Waals surface area contributed by atoms with Gasteiger partial charge in [-0.25, -0.2) is 14.8 Å². The van der Waals surface area contributed by atoms with Crippen LogP contribution in [0.3, 0.4) is 0 Å². The molecule has 0 aliphatic carbocycles. The molecule has 2 N–H and O–H groups in total. The van der Waals surface area contributed by atoms with Crippen LogP contribution < -0.4 is 10.6 Å². The average molecular weight is 344 g/mol. The third-order valence-corrected chi connectivity index (χ3v) is 4.66. The van der Waals surface area contributed by atoms with Crippen molar-refractivity contribution in [3.63, 3.8) is 0 Å². The number of aryl methyl sites for hydroxylation is 1. The Morgan fingerprint density at radius 1 is 1.38 bits per heavy atom. The number of carbonyl (C=O) groups is 1. The summed E-state index contributed by atoms with van der Waals surface area (Å²) >= 11 is 1.49. The number of nitrogens with one attached hydrogen (secondary N) is 2. The van der Waals surface area contributed by atoms with Crippen molar-refractivity contribution in [3.8, 4) is 0 Å². The van der Waals surface area contributed by atoms with Crippen LogP contribution in [-0.4, -0.2) is 35.8 Å². The van der Waals surface area contributed by atoms with Gasteiger partial charge >= 0.3 is 6.03 Å². The first-order valence-corrected chi connectivity index (χ1v) is 8.70. The molecule has 0 spiro atoms. The van der Waals surface area contributed by atoms with Crippen LogP contribution in [0, 0.1) is 12.8 Å². The molecule has 1 aliphatic heterocycles. The number of rotatable bonds is 5. The molecule has 1 aromatic carbocycles. The number of aromatic nitrogens is 2. The highest BCUT2D eigenvalue weighted by molar-refractivity contribution is 7.99. The van der Waals surface area contributed by atoms with E-state index in [-0.39, 0.29) is 6.03 Å². The van der Waals surface area contributed by atoms with Crippen molar-refractivity contribution in [1.82, 2.24) is 15.3 Å². The number of anilines is 1. The molecule has 0 saturated carbocycles. The number of hydrogen-bond acceptors (Lipinski definition) is 5. The maximum absolute atomic E-state index is 12.0. The number of amides is 2. The van der Waals surface area contributed by atoms with Crippen LogP contribution in [0.25, 0.3) is 0 Å². The molecule has 0 unspecified atom stereocenters. The van der Waals surface area contributed by atoms with Crippen molar-refractivity contribution < 1.29 is 9.53 Å². The molecule has 1 fully saturated rings. The highest BCUT2D eigenvalue weighted by Gasteiger charge is 2.16. The van der Waals surface area contributed by atoms with Gasteiger partial charge in [0.25, 0.3) is 0 Å². The molecule has 3 rings (SSSR count). The second-order valence-corrected chi connectivity index (χ2v) is 6.72. The number of ether oxygens (including phenoxy) is 1. The van der Waals surface area contributed by atoms with Gasteiger partial charge in [-0.05, 0) is 54.9 Å². The number of hydrogen-bond donors (Lipinski definition) is 2. The van der Waals surface area contributed by atoms with E-state index in [2.05, 4.69) is 20.6 Å². The minimum Gasteiger partial charge on any atom is -0.381 e. The molecule has 1 aromatic heterocycles. The Balaban J connectivity index is 1.55. The van der Waals surface area contributed by atoms with Crippen molar-refractivity contribution in [3.05, 3.63) is 42.2 Å². The van der Waals surface area contributed by atoms with Crippen molar-refractivity contribution in [2.45, 2.75) is 23.4 Å². The summed E-state index contributed by atoms with van der Waals surface area (Å²) in [7, 11) is 0. The van der Waals surface area contributed by atoms with Gasteiger partial charge in [0.05, 0.1) is 6.61 Å². The zero-order chi connectivity index (χ0) is 16.8. The first-order chi connectivity index (χ1) is 11.7. The van der Waals surface area contributed by atoms with Gasteiger partial charge in [-0.2, -0.15) is 0 Å². The molecule has 126 valence electrons. The fourth-order valence-electron chi connectivity index (χ4n) is 2.43. The molecule has 1 aliphatic rings. The maximum Gasteiger partial charge on any atom is 0.319 e. The van der Waals surface area contributed by atoms with E-state index in [0.717, 1.165) is 35.8 Å². The highest BCUT2D eigenvalue weighted by Crippen LogP contribution is 2.27. The van der Waals surface area contributed by atoms with Gasteiger partial charge in [-0.1, -0.05) is 0 Å². The Morgan fingerprint density at radius 3 is 2.92 bits per heavy atom. The maximum atomic E-state index is 12.0. The van der Waals surface area contributed by atoms with E-state index in [0.29, 0.717) is 17.6 Å². The van der Waals surface area contributed by atoms with Crippen molar-refractivity contribution in [2.75, 3.05) is 25.1 Å². The van der Waals surface area contributed by atoms with E-state index >= 15 is 0 Å². The lowest BCUT2D eigenvalue weighted by Crippen LogP contribution is -2.33. The number of urea groups is 1. The van der Waals surface area contributed by atoms with Crippen LogP contribution in [0.4, 0.5) is 10.5 Å². The van der Waals surface area contributed by atoms with Gasteiger partial charge in [-0.15, -0.1) is 0 Å². The normalized spacial score (nSPS) is 16.8. The zero-order valence-corrected chi connectivity index (χ0v) is 14.3. The summed E-state index contributed by atoms with van der Waals surface area (Å²) < 4.78 is 5.30. The van der Waals surface area contributed by atoms with E-state index < -0.39 is 0 Å². The molecular formula is C17H20N4O2S. The molecule has 24 heavy (non-hydrogen) atoms.